The van der Waals surface area contributed by atoms with Gasteiger partial charge in [0.05, 0.1) is 4.47 Å². The number of halogens is 2. The molecule has 2 heterocycles. The van der Waals surface area contributed by atoms with Crippen LogP contribution >= 0.6 is 39.3 Å². The first-order valence-corrected chi connectivity index (χ1v) is 7.77. The Hall–Kier alpha value is -1.04. The van der Waals surface area contributed by atoms with Gasteiger partial charge in [0.1, 0.15) is 5.15 Å². The lowest BCUT2D eigenvalue weighted by Gasteiger charge is -1.96. The van der Waals surface area contributed by atoms with E-state index >= 15 is 0 Å². The van der Waals surface area contributed by atoms with E-state index in [1.54, 1.807) is 22.3 Å². The van der Waals surface area contributed by atoms with Crippen molar-refractivity contribution < 1.29 is 0 Å². The molecule has 0 aliphatic heterocycles. The van der Waals surface area contributed by atoms with Crippen LogP contribution in [0.3, 0.4) is 0 Å². The van der Waals surface area contributed by atoms with E-state index in [9.17, 15) is 0 Å². The molecular formula is C13H9BrClN3S. The maximum atomic E-state index is 6.09. The van der Waals surface area contributed by atoms with E-state index in [4.69, 9.17) is 11.6 Å². The van der Waals surface area contributed by atoms with Crippen LogP contribution in [0, 0.1) is 0 Å². The average molecular weight is 355 g/mol. The minimum Gasteiger partial charge on any atom is -0.200 e. The van der Waals surface area contributed by atoms with E-state index in [1.807, 2.05) is 24.3 Å². The topological polar surface area (TPSA) is 30.2 Å². The third-order valence-corrected chi connectivity index (χ3v) is 4.40. The molecule has 3 rings (SSSR count). The molecule has 1 aromatic carbocycles. The largest absolute Gasteiger partial charge is 0.209 e. The van der Waals surface area contributed by atoms with Gasteiger partial charge in [-0.05, 0) is 33.6 Å². The highest BCUT2D eigenvalue weighted by Crippen LogP contribution is 2.25. The lowest BCUT2D eigenvalue weighted by molar-refractivity contribution is 0.886. The van der Waals surface area contributed by atoms with Crippen molar-refractivity contribution in [3.8, 4) is 0 Å². The van der Waals surface area contributed by atoms with E-state index in [0.29, 0.717) is 5.15 Å². The van der Waals surface area contributed by atoms with Crippen LogP contribution in [0.25, 0.3) is 5.65 Å². The predicted octanol–water partition coefficient (Wildman–Crippen LogP) is 4.44. The molecule has 19 heavy (non-hydrogen) atoms. The van der Waals surface area contributed by atoms with Crippen LogP contribution in [0.2, 0.25) is 5.15 Å². The number of pyridine rings is 1. The van der Waals surface area contributed by atoms with Gasteiger partial charge in [-0.15, -0.1) is 5.10 Å². The van der Waals surface area contributed by atoms with Crippen molar-refractivity contribution >= 4 is 44.9 Å². The third kappa shape index (κ3) is 2.78. The molecule has 0 unspecified atom stereocenters. The van der Waals surface area contributed by atoms with Gasteiger partial charge in [-0.1, -0.05) is 53.7 Å². The third-order valence-electron chi connectivity index (χ3n) is 2.58. The van der Waals surface area contributed by atoms with Gasteiger partial charge in [0.15, 0.2) is 5.65 Å². The molecule has 0 fully saturated rings. The molecule has 0 aliphatic carbocycles. The maximum absolute atomic E-state index is 6.09. The Morgan fingerprint density at radius 3 is 2.68 bits per heavy atom. The Morgan fingerprint density at radius 2 is 1.95 bits per heavy atom. The lowest BCUT2D eigenvalue weighted by atomic mass is 10.2. The Bertz CT molecular complexity index is 675. The van der Waals surface area contributed by atoms with Gasteiger partial charge in [0, 0.05) is 5.75 Å². The van der Waals surface area contributed by atoms with Crippen molar-refractivity contribution in [2.24, 2.45) is 0 Å². The standard InChI is InChI=1S/C13H9BrClN3S/c14-10-6-7-11(15)18-12(10)16-13(17-18)19-8-9-4-2-1-3-5-9/h1-7H,8H2. The van der Waals surface area contributed by atoms with Crippen LogP contribution in [0.4, 0.5) is 0 Å². The summed E-state index contributed by atoms with van der Waals surface area (Å²) in [4.78, 5) is 4.47. The smallest absolute Gasteiger partial charge is 0.200 e. The van der Waals surface area contributed by atoms with Crippen molar-refractivity contribution in [2.45, 2.75) is 10.9 Å². The number of hydrogen-bond donors (Lipinski definition) is 0. The molecular weight excluding hydrogens is 346 g/mol. The zero-order chi connectivity index (χ0) is 13.2. The van der Waals surface area contributed by atoms with Crippen molar-refractivity contribution in [3.63, 3.8) is 0 Å². The van der Waals surface area contributed by atoms with Gasteiger partial charge >= 0.3 is 0 Å². The molecule has 0 amide bonds. The van der Waals surface area contributed by atoms with Crippen LogP contribution in [0.5, 0.6) is 0 Å². The highest BCUT2D eigenvalue weighted by Gasteiger charge is 2.09. The number of rotatable bonds is 3. The van der Waals surface area contributed by atoms with E-state index in [-0.39, 0.29) is 0 Å². The summed E-state index contributed by atoms with van der Waals surface area (Å²) >= 11 is 11.1. The van der Waals surface area contributed by atoms with Gasteiger partial charge in [0.2, 0.25) is 5.16 Å². The molecule has 0 spiro atoms. The highest BCUT2D eigenvalue weighted by molar-refractivity contribution is 9.10. The SMILES string of the molecule is Clc1ccc(Br)c2nc(SCc3ccccc3)nn12. The maximum Gasteiger partial charge on any atom is 0.209 e. The molecule has 96 valence electrons. The molecule has 3 nitrogen and oxygen atoms in total. The first-order valence-electron chi connectivity index (χ1n) is 5.61. The summed E-state index contributed by atoms with van der Waals surface area (Å²) in [6, 6.07) is 13.9. The fraction of sp³-hybridized carbons (Fsp3) is 0.0769. The fourth-order valence-electron chi connectivity index (χ4n) is 1.67. The second-order valence-corrected chi connectivity index (χ2v) is 6.09. The minimum atomic E-state index is 0.553. The van der Waals surface area contributed by atoms with Crippen molar-refractivity contribution in [1.82, 2.24) is 14.6 Å². The van der Waals surface area contributed by atoms with E-state index in [0.717, 1.165) is 21.0 Å². The zero-order valence-electron chi connectivity index (χ0n) is 9.75. The number of benzene rings is 1. The number of fused-ring (bicyclic) bond motifs is 1. The lowest BCUT2D eigenvalue weighted by Crippen LogP contribution is -1.89. The summed E-state index contributed by atoms with van der Waals surface area (Å²) in [5.41, 5.74) is 1.99. The van der Waals surface area contributed by atoms with E-state index in [2.05, 4.69) is 38.1 Å². The molecule has 2 aromatic heterocycles. The van der Waals surface area contributed by atoms with Gasteiger partial charge in [-0.2, -0.15) is 0 Å². The summed E-state index contributed by atoms with van der Waals surface area (Å²) in [5.74, 6) is 0.840. The normalized spacial score (nSPS) is 11.1. The molecule has 6 heteroatoms. The second-order valence-electron chi connectivity index (χ2n) is 3.91. The molecule has 0 atom stereocenters. The van der Waals surface area contributed by atoms with Crippen LogP contribution in [-0.4, -0.2) is 14.6 Å². The van der Waals surface area contributed by atoms with E-state index in [1.165, 1.54) is 5.56 Å². The van der Waals surface area contributed by atoms with Crippen LogP contribution in [0.15, 0.2) is 52.1 Å². The highest BCUT2D eigenvalue weighted by atomic mass is 79.9. The van der Waals surface area contributed by atoms with Gasteiger partial charge in [0.25, 0.3) is 0 Å². The first-order chi connectivity index (χ1) is 9.24. The minimum absolute atomic E-state index is 0.553. The van der Waals surface area contributed by atoms with Gasteiger partial charge in [-0.25, -0.2) is 9.50 Å². The predicted molar refractivity (Wildman–Crippen MR) is 81.7 cm³/mol. The van der Waals surface area contributed by atoms with Crippen LogP contribution < -0.4 is 0 Å². The van der Waals surface area contributed by atoms with Gasteiger partial charge < -0.3 is 0 Å². The van der Waals surface area contributed by atoms with E-state index < -0.39 is 0 Å². The van der Waals surface area contributed by atoms with Gasteiger partial charge in [-0.3, -0.25) is 0 Å². The summed E-state index contributed by atoms with van der Waals surface area (Å²) in [7, 11) is 0. The Labute approximate surface area is 128 Å². The molecule has 3 aromatic rings. The number of nitrogens with zero attached hydrogens (tertiary/aromatic N) is 3. The summed E-state index contributed by atoms with van der Waals surface area (Å²) < 4.78 is 2.52. The van der Waals surface area contributed by atoms with Crippen molar-refractivity contribution in [2.75, 3.05) is 0 Å². The molecule has 0 N–H and O–H groups in total. The molecule has 0 saturated heterocycles. The molecule has 0 radical (unpaired) electrons. The summed E-state index contributed by atoms with van der Waals surface area (Å²) in [6.45, 7) is 0. The molecule has 0 aliphatic rings. The Kier molecular flexibility index (Phi) is 3.77. The molecule has 0 saturated carbocycles. The Balaban J connectivity index is 1.86. The van der Waals surface area contributed by atoms with Crippen molar-refractivity contribution in [1.29, 1.82) is 0 Å². The quantitative estimate of drug-likeness (QED) is 0.514. The molecule has 0 bridgehead atoms. The number of hydrogen-bond acceptors (Lipinski definition) is 3. The van der Waals surface area contributed by atoms with Crippen LogP contribution in [-0.2, 0) is 5.75 Å². The van der Waals surface area contributed by atoms with Crippen molar-refractivity contribution in [3.05, 3.63) is 57.7 Å². The zero-order valence-corrected chi connectivity index (χ0v) is 12.9. The fourth-order valence-corrected chi connectivity index (χ4v) is 3.02. The summed E-state index contributed by atoms with van der Waals surface area (Å²) in [5, 5.41) is 5.67. The monoisotopic (exact) mass is 353 g/mol. The van der Waals surface area contributed by atoms with Crippen LogP contribution in [0.1, 0.15) is 5.56 Å². The average Bonchev–Trinajstić information content (AvgIpc) is 2.87. The number of aromatic nitrogens is 3. The second kappa shape index (κ2) is 5.53. The Morgan fingerprint density at radius 1 is 1.16 bits per heavy atom. The summed E-state index contributed by atoms with van der Waals surface area (Å²) in [6.07, 6.45) is 0. The number of thioether (sulfide) groups is 1. The first kappa shape index (κ1) is 13.0.